The molecule has 0 aromatic carbocycles. The number of nitrogens with one attached hydrogen (secondary N) is 1. The predicted molar refractivity (Wildman–Crippen MR) is 64.0 cm³/mol. The molecule has 4 heteroatoms. The molecule has 0 aliphatic carbocycles. The van der Waals surface area contributed by atoms with Gasteiger partial charge in [0.25, 0.3) is 0 Å². The molecular formula is C13H10FN3. The molecule has 3 nitrogen and oxygen atoms in total. The summed E-state index contributed by atoms with van der Waals surface area (Å²) in [5.74, 6) is -0.300. The second kappa shape index (κ2) is 3.66. The fourth-order valence-electron chi connectivity index (χ4n) is 1.91. The van der Waals surface area contributed by atoms with Crippen LogP contribution in [0.3, 0.4) is 0 Å². The van der Waals surface area contributed by atoms with Gasteiger partial charge in [-0.15, -0.1) is 0 Å². The second-order valence-corrected chi connectivity index (χ2v) is 3.94. The minimum atomic E-state index is -0.300. The normalized spacial score (nSPS) is 10.9. The average Bonchev–Trinajstić information content (AvgIpc) is 2.71. The van der Waals surface area contributed by atoms with Crippen molar-refractivity contribution >= 4 is 11.0 Å². The molecule has 3 rings (SSSR count). The van der Waals surface area contributed by atoms with E-state index in [9.17, 15) is 4.39 Å². The maximum atomic E-state index is 13.7. The van der Waals surface area contributed by atoms with Crippen LogP contribution in [0.5, 0.6) is 0 Å². The van der Waals surface area contributed by atoms with E-state index >= 15 is 0 Å². The number of fused-ring (bicyclic) bond motifs is 1. The molecule has 0 saturated heterocycles. The molecule has 0 aliphatic heterocycles. The molecule has 0 radical (unpaired) electrons. The van der Waals surface area contributed by atoms with Crippen LogP contribution in [0.25, 0.3) is 22.3 Å². The van der Waals surface area contributed by atoms with E-state index in [0.717, 1.165) is 16.8 Å². The van der Waals surface area contributed by atoms with E-state index in [2.05, 4.69) is 15.0 Å². The Kier molecular flexibility index (Phi) is 2.14. The van der Waals surface area contributed by atoms with Crippen LogP contribution >= 0.6 is 0 Å². The highest BCUT2D eigenvalue weighted by Crippen LogP contribution is 2.27. The minimum absolute atomic E-state index is 0.300. The summed E-state index contributed by atoms with van der Waals surface area (Å²) in [6.07, 6.45) is 4.69. The first-order valence-corrected chi connectivity index (χ1v) is 5.30. The third-order valence-corrected chi connectivity index (χ3v) is 2.72. The van der Waals surface area contributed by atoms with Crippen LogP contribution in [0, 0.1) is 12.7 Å². The molecule has 0 aliphatic rings. The quantitative estimate of drug-likeness (QED) is 0.694. The first kappa shape index (κ1) is 9.96. The highest BCUT2D eigenvalue weighted by molar-refractivity contribution is 5.92. The lowest BCUT2D eigenvalue weighted by molar-refractivity contribution is 0.639. The first-order chi connectivity index (χ1) is 8.25. The number of aryl methyl sites for hydroxylation is 1. The fourth-order valence-corrected chi connectivity index (χ4v) is 1.91. The number of pyridine rings is 2. The summed E-state index contributed by atoms with van der Waals surface area (Å²) in [6, 6.07) is 5.62. The highest BCUT2D eigenvalue weighted by atomic mass is 19.1. The number of nitrogens with zero attached hydrogens (tertiary/aromatic N) is 2. The Labute approximate surface area is 97.3 Å². The van der Waals surface area contributed by atoms with Crippen molar-refractivity contribution in [3.63, 3.8) is 0 Å². The Bertz CT molecular complexity index is 688. The van der Waals surface area contributed by atoms with Crippen molar-refractivity contribution in [1.82, 2.24) is 15.0 Å². The third kappa shape index (κ3) is 1.58. The van der Waals surface area contributed by atoms with Gasteiger partial charge in [0.2, 0.25) is 0 Å². The summed E-state index contributed by atoms with van der Waals surface area (Å²) in [5, 5.41) is 0.491. The summed E-state index contributed by atoms with van der Waals surface area (Å²) in [5.41, 5.74) is 3.16. The van der Waals surface area contributed by atoms with Gasteiger partial charge in [-0.25, -0.2) is 9.37 Å². The standard InChI is InChI=1S/C13H10FN3/c1-8-2-4-15-11(6-8)9-3-5-16-13-12(9)10(14)7-17-13/h2-7H,1H3,(H,16,17). The van der Waals surface area contributed by atoms with E-state index in [0.29, 0.717) is 11.0 Å². The van der Waals surface area contributed by atoms with E-state index < -0.39 is 0 Å². The van der Waals surface area contributed by atoms with Gasteiger partial charge in [0.1, 0.15) is 5.65 Å². The Morgan fingerprint density at radius 3 is 2.82 bits per heavy atom. The number of H-pyrrole nitrogens is 1. The summed E-state index contributed by atoms with van der Waals surface area (Å²) < 4.78 is 13.7. The van der Waals surface area contributed by atoms with Crippen molar-refractivity contribution in [2.24, 2.45) is 0 Å². The van der Waals surface area contributed by atoms with Gasteiger partial charge in [0.05, 0.1) is 11.1 Å². The van der Waals surface area contributed by atoms with Gasteiger partial charge in [0.15, 0.2) is 5.82 Å². The molecule has 1 N–H and O–H groups in total. The Balaban J connectivity index is 2.33. The average molecular weight is 227 g/mol. The van der Waals surface area contributed by atoms with Crippen LogP contribution in [-0.4, -0.2) is 15.0 Å². The molecule has 0 atom stereocenters. The molecule has 3 heterocycles. The molecule has 3 aromatic rings. The topological polar surface area (TPSA) is 41.6 Å². The van der Waals surface area contributed by atoms with Crippen molar-refractivity contribution in [3.8, 4) is 11.3 Å². The van der Waals surface area contributed by atoms with Crippen LogP contribution in [0.4, 0.5) is 4.39 Å². The van der Waals surface area contributed by atoms with E-state index in [1.165, 1.54) is 6.20 Å². The van der Waals surface area contributed by atoms with Gasteiger partial charge in [-0.1, -0.05) is 0 Å². The van der Waals surface area contributed by atoms with Crippen LogP contribution in [0.2, 0.25) is 0 Å². The fraction of sp³-hybridized carbons (Fsp3) is 0.0769. The Morgan fingerprint density at radius 2 is 2.00 bits per heavy atom. The molecule has 17 heavy (non-hydrogen) atoms. The zero-order chi connectivity index (χ0) is 11.8. The summed E-state index contributed by atoms with van der Waals surface area (Å²) in [7, 11) is 0. The van der Waals surface area contributed by atoms with Crippen molar-refractivity contribution in [1.29, 1.82) is 0 Å². The minimum Gasteiger partial charge on any atom is -0.343 e. The summed E-state index contributed by atoms with van der Waals surface area (Å²) in [6.45, 7) is 1.98. The summed E-state index contributed by atoms with van der Waals surface area (Å²) in [4.78, 5) is 11.2. The number of hydrogen-bond donors (Lipinski definition) is 1. The van der Waals surface area contributed by atoms with E-state index in [1.807, 2.05) is 19.1 Å². The zero-order valence-electron chi connectivity index (χ0n) is 9.24. The zero-order valence-corrected chi connectivity index (χ0v) is 9.24. The van der Waals surface area contributed by atoms with Crippen molar-refractivity contribution in [2.45, 2.75) is 6.92 Å². The van der Waals surface area contributed by atoms with Crippen molar-refractivity contribution < 1.29 is 4.39 Å². The molecule has 0 unspecified atom stereocenters. The molecule has 0 bridgehead atoms. The highest BCUT2D eigenvalue weighted by Gasteiger charge is 2.11. The number of hydrogen-bond acceptors (Lipinski definition) is 2. The van der Waals surface area contributed by atoms with Crippen LogP contribution in [-0.2, 0) is 0 Å². The van der Waals surface area contributed by atoms with Crippen molar-refractivity contribution in [2.75, 3.05) is 0 Å². The first-order valence-electron chi connectivity index (χ1n) is 5.30. The molecular weight excluding hydrogens is 217 g/mol. The number of aromatic amines is 1. The van der Waals surface area contributed by atoms with E-state index in [1.54, 1.807) is 18.5 Å². The SMILES string of the molecule is Cc1ccnc(-c2ccnc3[nH]cc(F)c23)c1. The molecule has 0 spiro atoms. The second-order valence-electron chi connectivity index (χ2n) is 3.94. The molecule has 0 amide bonds. The maximum Gasteiger partial charge on any atom is 0.150 e. The Hall–Kier alpha value is -2.23. The summed E-state index contributed by atoms with van der Waals surface area (Å²) >= 11 is 0. The van der Waals surface area contributed by atoms with Gasteiger partial charge < -0.3 is 4.98 Å². The van der Waals surface area contributed by atoms with Crippen LogP contribution in [0.1, 0.15) is 5.56 Å². The van der Waals surface area contributed by atoms with Gasteiger partial charge in [0, 0.05) is 24.2 Å². The smallest absolute Gasteiger partial charge is 0.150 e. The number of aromatic nitrogens is 3. The van der Waals surface area contributed by atoms with Gasteiger partial charge in [-0.05, 0) is 30.7 Å². The van der Waals surface area contributed by atoms with Crippen molar-refractivity contribution in [3.05, 3.63) is 48.2 Å². The van der Waals surface area contributed by atoms with Gasteiger partial charge in [-0.3, -0.25) is 4.98 Å². The number of rotatable bonds is 1. The van der Waals surface area contributed by atoms with E-state index in [4.69, 9.17) is 0 Å². The van der Waals surface area contributed by atoms with Gasteiger partial charge >= 0.3 is 0 Å². The van der Waals surface area contributed by atoms with E-state index in [-0.39, 0.29) is 5.82 Å². The molecule has 0 saturated carbocycles. The third-order valence-electron chi connectivity index (χ3n) is 2.72. The largest absolute Gasteiger partial charge is 0.343 e. The lowest BCUT2D eigenvalue weighted by Crippen LogP contribution is -1.87. The number of halogens is 1. The maximum absolute atomic E-state index is 13.7. The van der Waals surface area contributed by atoms with Gasteiger partial charge in [-0.2, -0.15) is 0 Å². The molecule has 84 valence electrons. The van der Waals surface area contributed by atoms with Crippen LogP contribution in [0.15, 0.2) is 36.8 Å². The Morgan fingerprint density at radius 1 is 1.18 bits per heavy atom. The lowest BCUT2D eigenvalue weighted by atomic mass is 10.1. The monoisotopic (exact) mass is 227 g/mol. The van der Waals surface area contributed by atoms with Crippen LogP contribution < -0.4 is 0 Å². The predicted octanol–water partition coefficient (Wildman–Crippen LogP) is 3.07. The lowest BCUT2D eigenvalue weighted by Gasteiger charge is -2.03. The molecule has 0 fully saturated rings. The molecule has 3 aromatic heterocycles.